The third kappa shape index (κ3) is 5.19. The number of likely N-dealkylation sites (tertiary alicyclic amines) is 1. The van der Waals surface area contributed by atoms with E-state index in [-0.39, 0.29) is 23.3 Å². The number of carbonyl (C=O) groups excluding carboxylic acids is 2. The van der Waals surface area contributed by atoms with Crippen LogP contribution in [-0.2, 0) is 27.1 Å². The van der Waals surface area contributed by atoms with Crippen LogP contribution in [0.3, 0.4) is 0 Å². The number of piperidine rings is 1. The van der Waals surface area contributed by atoms with Gasteiger partial charge in [-0.25, -0.2) is 0 Å². The molecule has 0 radical (unpaired) electrons. The summed E-state index contributed by atoms with van der Waals surface area (Å²) in [5.74, 6) is 0.502. The summed E-state index contributed by atoms with van der Waals surface area (Å²) in [4.78, 5) is 30.4. The summed E-state index contributed by atoms with van der Waals surface area (Å²) in [6.45, 7) is 4.90. The number of hydrogen-bond acceptors (Lipinski definition) is 3. The molecule has 192 valence electrons. The number of nitrogens with zero attached hydrogens (tertiary/aromatic N) is 2. The molecular weight excluding hydrogens is 458 g/mol. The van der Waals surface area contributed by atoms with Crippen molar-refractivity contribution in [1.82, 2.24) is 15.1 Å². The van der Waals surface area contributed by atoms with Gasteiger partial charge in [-0.15, -0.1) is 0 Å². The molecule has 2 atom stereocenters. The summed E-state index contributed by atoms with van der Waals surface area (Å²) in [6, 6.07) is 30.9. The molecule has 0 aromatic heterocycles. The molecule has 2 amide bonds. The summed E-state index contributed by atoms with van der Waals surface area (Å²) in [6.07, 6.45) is 2.61. The number of nitrogens with one attached hydrogen (secondary N) is 1. The fraction of sp³-hybridized carbons (Fsp3) is 0.375. The molecule has 3 aromatic carbocycles. The lowest BCUT2D eigenvalue weighted by Crippen LogP contribution is -2.53. The molecule has 1 saturated heterocycles. The van der Waals surface area contributed by atoms with Gasteiger partial charge in [-0.05, 0) is 41.9 Å². The zero-order chi connectivity index (χ0) is 25.9. The predicted molar refractivity (Wildman–Crippen MR) is 147 cm³/mol. The quantitative estimate of drug-likeness (QED) is 0.492. The lowest BCUT2D eigenvalue weighted by Gasteiger charge is -2.43. The third-order valence-electron chi connectivity index (χ3n) is 8.31. The van der Waals surface area contributed by atoms with Crippen LogP contribution in [0.25, 0.3) is 0 Å². The van der Waals surface area contributed by atoms with Gasteiger partial charge in [0.05, 0.1) is 11.0 Å². The molecule has 1 aliphatic heterocycles. The Kier molecular flexibility index (Phi) is 7.16. The molecule has 0 bridgehead atoms. The largest absolute Gasteiger partial charge is 0.347 e. The zero-order valence-corrected chi connectivity index (χ0v) is 21.9. The van der Waals surface area contributed by atoms with Crippen molar-refractivity contribution in [2.45, 2.75) is 43.7 Å². The van der Waals surface area contributed by atoms with Crippen molar-refractivity contribution in [2.75, 3.05) is 26.7 Å². The number of likely N-dealkylation sites (N-methyl/N-ethyl adjacent to an activating group) is 1. The minimum absolute atomic E-state index is 0.00893. The van der Waals surface area contributed by atoms with Gasteiger partial charge in [0.2, 0.25) is 11.8 Å². The van der Waals surface area contributed by atoms with Crippen LogP contribution < -0.4 is 5.32 Å². The molecule has 1 saturated carbocycles. The van der Waals surface area contributed by atoms with Crippen LogP contribution in [0.15, 0.2) is 91.0 Å². The average molecular weight is 496 g/mol. The van der Waals surface area contributed by atoms with Gasteiger partial charge >= 0.3 is 0 Å². The monoisotopic (exact) mass is 495 g/mol. The number of benzene rings is 3. The van der Waals surface area contributed by atoms with E-state index in [1.807, 2.05) is 66.5 Å². The maximum absolute atomic E-state index is 14.0. The van der Waals surface area contributed by atoms with Crippen LogP contribution in [0, 0.1) is 5.92 Å². The van der Waals surface area contributed by atoms with Gasteiger partial charge in [0, 0.05) is 40.2 Å². The Labute approximate surface area is 220 Å². The number of carbonyl (C=O) groups is 2. The molecule has 3 aromatic rings. The Bertz CT molecular complexity index is 1210. The molecule has 2 fully saturated rings. The smallest absolute Gasteiger partial charge is 0.233 e. The number of amides is 2. The Morgan fingerprint density at radius 3 is 1.97 bits per heavy atom. The van der Waals surface area contributed by atoms with Crippen molar-refractivity contribution >= 4 is 11.8 Å². The molecule has 2 aliphatic rings. The first-order chi connectivity index (χ1) is 17.9. The summed E-state index contributed by atoms with van der Waals surface area (Å²) in [5.41, 5.74) is 2.66. The highest BCUT2D eigenvalue weighted by Crippen LogP contribution is 2.56. The molecule has 1 N–H and O–H groups in total. The number of hydrogen-bond donors (Lipinski definition) is 1. The normalized spacial score (nSPS) is 22.7. The van der Waals surface area contributed by atoms with E-state index in [4.69, 9.17) is 0 Å². The van der Waals surface area contributed by atoms with Crippen molar-refractivity contribution in [3.63, 3.8) is 0 Å². The highest BCUT2D eigenvalue weighted by atomic mass is 16.2. The van der Waals surface area contributed by atoms with E-state index in [0.29, 0.717) is 6.54 Å². The Hall–Kier alpha value is -3.44. The van der Waals surface area contributed by atoms with E-state index < -0.39 is 5.41 Å². The topological polar surface area (TPSA) is 52.7 Å². The van der Waals surface area contributed by atoms with Crippen LogP contribution >= 0.6 is 0 Å². The van der Waals surface area contributed by atoms with E-state index in [1.54, 1.807) is 6.92 Å². The molecule has 0 unspecified atom stereocenters. The van der Waals surface area contributed by atoms with Crippen LogP contribution in [0.4, 0.5) is 0 Å². The summed E-state index contributed by atoms with van der Waals surface area (Å²) < 4.78 is 0. The molecule has 5 nitrogen and oxygen atoms in total. The minimum Gasteiger partial charge on any atom is -0.347 e. The molecule has 5 rings (SSSR count). The lowest BCUT2D eigenvalue weighted by molar-refractivity contribution is -0.133. The zero-order valence-electron chi connectivity index (χ0n) is 21.9. The fourth-order valence-electron chi connectivity index (χ4n) is 6.30. The van der Waals surface area contributed by atoms with Gasteiger partial charge < -0.3 is 15.1 Å². The van der Waals surface area contributed by atoms with Crippen molar-refractivity contribution in [1.29, 1.82) is 0 Å². The van der Waals surface area contributed by atoms with E-state index >= 15 is 0 Å². The van der Waals surface area contributed by atoms with Gasteiger partial charge in [-0.3, -0.25) is 9.59 Å². The van der Waals surface area contributed by atoms with E-state index in [9.17, 15) is 9.59 Å². The van der Waals surface area contributed by atoms with Crippen LogP contribution in [0.1, 0.15) is 42.9 Å². The second kappa shape index (κ2) is 10.5. The summed E-state index contributed by atoms with van der Waals surface area (Å²) >= 11 is 0. The maximum Gasteiger partial charge on any atom is 0.233 e. The van der Waals surface area contributed by atoms with E-state index in [0.717, 1.165) is 50.0 Å². The highest BCUT2D eigenvalue weighted by molar-refractivity contribution is 5.92. The van der Waals surface area contributed by atoms with Crippen molar-refractivity contribution < 1.29 is 9.59 Å². The first-order valence-electron chi connectivity index (χ1n) is 13.3. The van der Waals surface area contributed by atoms with E-state index in [2.05, 4.69) is 46.6 Å². The standard InChI is InChI=1S/C32H37N3O2/c1-25(36)33-31(27-14-8-4-9-15-27)18-20-35(21-19-31)24-29-22-32(29,28-16-10-5-11-17-28)30(37)34(2)23-26-12-6-3-7-13-26/h3-17,29H,18-24H2,1-2H3,(H,33,36)/t29-,32+/m0/s1. The second-order valence-corrected chi connectivity index (χ2v) is 10.8. The van der Waals surface area contributed by atoms with Crippen molar-refractivity contribution in [3.05, 3.63) is 108 Å². The van der Waals surface area contributed by atoms with Gasteiger partial charge in [-0.2, -0.15) is 0 Å². The predicted octanol–water partition coefficient (Wildman–Crippen LogP) is 4.73. The Morgan fingerprint density at radius 2 is 1.41 bits per heavy atom. The molecule has 1 heterocycles. The third-order valence-corrected chi connectivity index (χ3v) is 8.31. The van der Waals surface area contributed by atoms with Crippen LogP contribution in [0.2, 0.25) is 0 Å². The maximum atomic E-state index is 14.0. The molecule has 1 aliphatic carbocycles. The van der Waals surface area contributed by atoms with Crippen molar-refractivity contribution in [3.8, 4) is 0 Å². The number of rotatable bonds is 8. The highest BCUT2D eigenvalue weighted by Gasteiger charge is 2.62. The average Bonchev–Trinajstić information content (AvgIpc) is 3.65. The first-order valence-corrected chi connectivity index (χ1v) is 13.3. The molecular formula is C32H37N3O2. The van der Waals surface area contributed by atoms with Gasteiger partial charge in [0.1, 0.15) is 0 Å². The summed E-state index contributed by atoms with van der Waals surface area (Å²) in [5, 5.41) is 3.27. The van der Waals surface area contributed by atoms with Gasteiger partial charge in [0.25, 0.3) is 0 Å². The van der Waals surface area contributed by atoms with Crippen LogP contribution in [0.5, 0.6) is 0 Å². The van der Waals surface area contributed by atoms with Crippen molar-refractivity contribution in [2.24, 2.45) is 5.92 Å². The SMILES string of the molecule is CC(=O)NC1(c2ccccc2)CCN(C[C@@H]2C[C@@]2(C(=O)N(C)Cc2ccccc2)c2ccccc2)CC1. The minimum atomic E-state index is -0.462. The summed E-state index contributed by atoms with van der Waals surface area (Å²) in [7, 11) is 1.93. The molecule has 0 spiro atoms. The Balaban J connectivity index is 1.30. The van der Waals surface area contributed by atoms with E-state index in [1.165, 1.54) is 5.56 Å². The molecule has 5 heteroatoms. The van der Waals surface area contributed by atoms with Crippen LogP contribution in [-0.4, -0.2) is 48.3 Å². The second-order valence-electron chi connectivity index (χ2n) is 10.8. The molecule has 37 heavy (non-hydrogen) atoms. The van der Waals surface area contributed by atoms with Gasteiger partial charge in [0.15, 0.2) is 0 Å². The Morgan fingerprint density at radius 1 is 0.865 bits per heavy atom. The van der Waals surface area contributed by atoms with Gasteiger partial charge in [-0.1, -0.05) is 91.0 Å². The lowest BCUT2D eigenvalue weighted by atomic mass is 9.80. The first kappa shape index (κ1) is 25.2. The fourth-order valence-corrected chi connectivity index (χ4v) is 6.30.